The van der Waals surface area contributed by atoms with Crippen molar-refractivity contribution >= 4 is 5.91 Å². The molecule has 1 unspecified atom stereocenters. The summed E-state index contributed by atoms with van der Waals surface area (Å²) in [5.74, 6) is 0.247. The number of hydrogen-bond donors (Lipinski definition) is 1. The van der Waals surface area contributed by atoms with Gasteiger partial charge in [0.05, 0.1) is 19.3 Å². The number of carbonyl (C=O) groups is 1. The first-order valence-corrected chi connectivity index (χ1v) is 6.56. The fourth-order valence-corrected chi connectivity index (χ4v) is 2.42. The summed E-state index contributed by atoms with van der Waals surface area (Å²) in [6, 6.07) is 0.0599. The summed E-state index contributed by atoms with van der Waals surface area (Å²) in [5, 5.41) is 3.35. The van der Waals surface area contributed by atoms with Crippen LogP contribution in [0.5, 0.6) is 0 Å². The van der Waals surface area contributed by atoms with Gasteiger partial charge in [0.15, 0.2) is 0 Å². The van der Waals surface area contributed by atoms with Crippen molar-refractivity contribution in [3.8, 4) is 0 Å². The van der Waals surface area contributed by atoms with E-state index in [4.69, 9.17) is 4.74 Å². The predicted molar refractivity (Wildman–Crippen MR) is 65.9 cm³/mol. The second kappa shape index (κ2) is 6.33. The van der Waals surface area contributed by atoms with E-state index in [2.05, 4.69) is 10.2 Å². The van der Waals surface area contributed by atoms with Crippen molar-refractivity contribution in [2.24, 2.45) is 0 Å². The van der Waals surface area contributed by atoms with Gasteiger partial charge in [-0.1, -0.05) is 0 Å². The smallest absolute Gasteiger partial charge is 0.239 e. The number of nitrogens with one attached hydrogen (secondary N) is 1. The minimum absolute atomic E-state index is 0.0599. The molecule has 0 radical (unpaired) electrons. The van der Waals surface area contributed by atoms with Crippen LogP contribution in [0.15, 0.2) is 0 Å². The maximum absolute atomic E-state index is 11.6. The molecule has 1 atom stereocenters. The van der Waals surface area contributed by atoms with Crippen molar-refractivity contribution in [1.82, 2.24) is 15.1 Å². The highest BCUT2D eigenvalue weighted by Gasteiger charge is 2.27. The number of likely N-dealkylation sites (N-methyl/N-ethyl adjacent to an activating group) is 1. The Labute approximate surface area is 103 Å². The van der Waals surface area contributed by atoms with Crippen LogP contribution in [-0.2, 0) is 9.53 Å². The van der Waals surface area contributed by atoms with Crippen LogP contribution in [-0.4, -0.2) is 74.7 Å². The van der Waals surface area contributed by atoms with Crippen molar-refractivity contribution in [3.63, 3.8) is 0 Å². The molecule has 5 nitrogen and oxygen atoms in total. The number of ether oxygens (including phenoxy) is 1. The first kappa shape index (κ1) is 12.8. The Morgan fingerprint density at radius 1 is 1.35 bits per heavy atom. The molecule has 0 bridgehead atoms. The Bertz CT molecular complexity index is 254. The van der Waals surface area contributed by atoms with Gasteiger partial charge in [-0.15, -0.1) is 0 Å². The maximum atomic E-state index is 11.6. The average Bonchev–Trinajstić information content (AvgIpc) is 2.67. The minimum Gasteiger partial charge on any atom is -0.379 e. The van der Waals surface area contributed by atoms with Gasteiger partial charge in [-0.2, -0.15) is 0 Å². The molecule has 0 aromatic carbocycles. The average molecular weight is 241 g/mol. The lowest BCUT2D eigenvalue weighted by atomic mass is 10.2. The van der Waals surface area contributed by atoms with Crippen molar-refractivity contribution in [1.29, 1.82) is 0 Å². The van der Waals surface area contributed by atoms with Gasteiger partial charge in [-0.3, -0.25) is 9.69 Å². The molecule has 98 valence electrons. The Morgan fingerprint density at radius 2 is 2.12 bits per heavy atom. The van der Waals surface area contributed by atoms with E-state index in [-0.39, 0.29) is 11.9 Å². The van der Waals surface area contributed by atoms with Gasteiger partial charge >= 0.3 is 0 Å². The molecule has 17 heavy (non-hydrogen) atoms. The zero-order chi connectivity index (χ0) is 12.1. The summed E-state index contributed by atoms with van der Waals surface area (Å²) in [7, 11) is 1.87. The molecule has 1 N–H and O–H groups in total. The fraction of sp³-hybridized carbons (Fsp3) is 0.917. The quantitative estimate of drug-likeness (QED) is 0.661. The van der Waals surface area contributed by atoms with E-state index in [0.29, 0.717) is 0 Å². The molecule has 2 saturated heterocycles. The van der Waals surface area contributed by atoms with Crippen molar-refractivity contribution in [3.05, 3.63) is 0 Å². The maximum Gasteiger partial charge on any atom is 0.239 e. The molecule has 0 saturated carbocycles. The molecule has 2 fully saturated rings. The number of carbonyl (C=O) groups excluding carboxylic acids is 1. The Balaban J connectivity index is 1.55. The van der Waals surface area contributed by atoms with Crippen molar-refractivity contribution < 1.29 is 9.53 Å². The SMILES string of the molecule is CN1CCC(NCCCN2CCOCC2)C1=O. The molecule has 0 aromatic rings. The van der Waals surface area contributed by atoms with Crippen LogP contribution >= 0.6 is 0 Å². The van der Waals surface area contributed by atoms with Crippen molar-refractivity contribution in [2.75, 3.05) is 53.0 Å². The molecular formula is C12H23N3O2. The molecule has 2 aliphatic rings. The Morgan fingerprint density at radius 3 is 2.76 bits per heavy atom. The van der Waals surface area contributed by atoms with Gasteiger partial charge in [-0.05, 0) is 25.9 Å². The summed E-state index contributed by atoms with van der Waals surface area (Å²) < 4.78 is 5.31. The van der Waals surface area contributed by atoms with Gasteiger partial charge in [0, 0.05) is 26.7 Å². The molecule has 2 rings (SSSR count). The van der Waals surface area contributed by atoms with Crippen LogP contribution < -0.4 is 5.32 Å². The van der Waals surface area contributed by atoms with E-state index < -0.39 is 0 Å². The van der Waals surface area contributed by atoms with E-state index in [1.807, 2.05) is 7.05 Å². The second-order valence-electron chi connectivity index (χ2n) is 4.86. The summed E-state index contributed by atoms with van der Waals surface area (Å²) >= 11 is 0. The van der Waals surface area contributed by atoms with E-state index in [0.717, 1.165) is 58.8 Å². The monoisotopic (exact) mass is 241 g/mol. The molecule has 2 aliphatic heterocycles. The highest BCUT2D eigenvalue weighted by Crippen LogP contribution is 2.08. The van der Waals surface area contributed by atoms with E-state index in [1.54, 1.807) is 4.90 Å². The fourth-order valence-electron chi connectivity index (χ4n) is 2.42. The van der Waals surface area contributed by atoms with Crippen LogP contribution in [0.2, 0.25) is 0 Å². The van der Waals surface area contributed by atoms with Crippen LogP contribution in [0.4, 0.5) is 0 Å². The first-order valence-electron chi connectivity index (χ1n) is 6.56. The number of hydrogen-bond acceptors (Lipinski definition) is 4. The number of nitrogens with zero attached hydrogens (tertiary/aromatic N) is 2. The first-order chi connectivity index (χ1) is 8.27. The third-order valence-electron chi connectivity index (χ3n) is 3.57. The molecule has 0 aliphatic carbocycles. The zero-order valence-corrected chi connectivity index (χ0v) is 10.7. The van der Waals surface area contributed by atoms with Crippen LogP contribution in [0.1, 0.15) is 12.8 Å². The normalized spacial score (nSPS) is 26.8. The van der Waals surface area contributed by atoms with Crippen molar-refractivity contribution in [2.45, 2.75) is 18.9 Å². The highest BCUT2D eigenvalue weighted by molar-refractivity contribution is 5.83. The molecule has 5 heteroatoms. The molecule has 0 aromatic heterocycles. The van der Waals surface area contributed by atoms with Crippen LogP contribution in [0.3, 0.4) is 0 Å². The number of rotatable bonds is 5. The Kier molecular flexibility index (Phi) is 4.76. The summed E-state index contributed by atoms with van der Waals surface area (Å²) in [5.41, 5.74) is 0. The predicted octanol–water partition coefficient (Wildman–Crippen LogP) is -0.471. The lowest BCUT2D eigenvalue weighted by Crippen LogP contribution is -2.40. The summed E-state index contributed by atoms with van der Waals surface area (Å²) in [6.45, 7) is 6.74. The lowest BCUT2D eigenvalue weighted by Gasteiger charge is -2.26. The number of likely N-dealkylation sites (tertiary alicyclic amines) is 1. The number of amides is 1. The molecule has 2 heterocycles. The Hall–Kier alpha value is -0.650. The van der Waals surface area contributed by atoms with Gasteiger partial charge in [0.2, 0.25) is 5.91 Å². The van der Waals surface area contributed by atoms with Crippen LogP contribution in [0.25, 0.3) is 0 Å². The zero-order valence-electron chi connectivity index (χ0n) is 10.7. The third kappa shape index (κ3) is 3.66. The standard InChI is InChI=1S/C12H23N3O2/c1-14-6-3-11(12(14)16)13-4-2-5-15-7-9-17-10-8-15/h11,13H,2-10H2,1H3. The van der Waals surface area contributed by atoms with E-state index in [9.17, 15) is 4.79 Å². The topological polar surface area (TPSA) is 44.8 Å². The number of morpholine rings is 1. The highest BCUT2D eigenvalue weighted by atomic mass is 16.5. The van der Waals surface area contributed by atoms with Gasteiger partial charge in [-0.25, -0.2) is 0 Å². The van der Waals surface area contributed by atoms with Crippen LogP contribution in [0, 0.1) is 0 Å². The molecule has 1 amide bonds. The molecular weight excluding hydrogens is 218 g/mol. The summed E-state index contributed by atoms with van der Waals surface area (Å²) in [4.78, 5) is 15.9. The third-order valence-corrected chi connectivity index (χ3v) is 3.57. The second-order valence-corrected chi connectivity index (χ2v) is 4.86. The summed E-state index contributed by atoms with van der Waals surface area (Å²) in [6.07, 6.45) is 2.06. The van der Waals surface area contributed by atoms with E-state index in [1.165, 1.54) is 0 Å². The van der Waals surface area contributed by atoms with Gasteiger partial charge in [0.25, 0.3) is 0 Å². The van der Waals surface area contributed by atoms with E-state index >= 15 is 0 Å². The molecule has 0 spiro atoms. The van der Waals surface area contributed by atoms with Gasteiger partial charge < -0.3 is 15.0 Å². The minimum atomic E-state index is 0.0599. The van der Waals surface area contributed by atoms with Gasteiger partial charge in [0.1, 0.15) is 0 Å². The lowest BCUT2D eigenvalue weighted by molar-refractivity contribution is -0.128. The largest absolute Gasteiger partial charge is 0.379 e.